The lowest BCUT2D eigenvalue weighted by molar-refractivity contribution is -0.126. The summed E-state index contributed by atoms with van der Waals surface area (Å²) in [4.78, 5) is 26.5. The molecule has 1 saturated heterocycles. The van der Waals surface area contributed by atoms with Crippen LogP contribution in [0.15, 0.2) is 48.5 Å². The summed E-state index contributed by atoms with van der Waals surface area (Å²) in [5.74, 6) is 0.0647. The summed E-state index contributed by atoms with van der Waals surface area (Å²) >= 11 is 5.82. The maximum absolute atomic E-state index is 13.0. The Hall–Kier alpha value is -2.60. The van der Waals surface area contributed by atoms with E-state index < -0.39 is 0 Å². The minimum absolute atomic E-state index is 0.0198. The molecule has 2 amide bonds. The molecule has 7 heteroatoms. The first kappa shape index (κ1) is 20.1. The summed E-state index contributed by atoms with van der Waals surface area (Å²) < 4.78 is 18.5. The van der Waals surface area contributed by atoms with Crippen molar-refractivity contribution in [1.82, 2.24) is 10.2 Å². The number of carbonyl (C=O) groups is 2. The third-order valence-electron chi connectivity index (χ3n) is 4.73. The Labute approximate surface area is 168 Å². The average Bonchev–Trinajstić information content (AvgIpc) is 2.72. The number of nitrogens with one attached hydrogen (secondary N) is 1. The van der Waals surface area contributed by atoms with E-state index in [4.69, 9.17) is 16.3 Å². The summed E-state index contributed by atoms with van der Waals surface area (Å²) in [6.45, 7) is 1.80. The molecule has 0 aliphatic carbocycles. The molecule has 0 aromatic heterocycles. The van der Waals surface area contributed by atoms with Gasteiger partial charge in [-0.25, -0.2) is 4.39 Å². The fraction of sp³-hybridized carbons (Fsp3) is 0.333. The fourth-order valence-corrected chi connectivity index (χ4v) is 3.26. The third kappa shape index (κ3) is 5.45. The van der Waals surface area contributed by atoms with Gasteiger partial charge in [0.15, 0.2) is 0 Å². The molecule has 0 spiro atoms. The van der Waals surface area contributed by atoms with Gasteiger partial charge in [0.1, 0.15) is 18.2 Å². The van der Waals surface area contributed by atoms with Crippen LogP contribution in [0.1, 0.15) is 23.2 Å². The lowest BCUT2D eigenvalue weighted by Crippen LogP contribution is -2.43. The van der Waals surface area contributed by atoms with Crippen molar-refractivity contribution in [1.29, 1.82) is 0 Å². The van der Waals surface area contributed by atoms with Crippen LogP contribution < -0.4 is 10.1 Å². The Morgan fingerprint density at radius 2 is 1.71 bits per heavy atom. The smallest absolute Gasteiger partial charge is 0.253 e. The minimum atomic E-state index is -0.369. The molecule has 1 aliphatic heterocycles. The summed E-state index contributed by atoms with van der Waals surface area (Å²) in [5.41, 5.74) is 0.462. The molecule has 1 fully saturated rings. The van der Waals surface area contributed by atoms with Crippen molar-refractivity contribution in [3.05, 3.63) is 64.9 Å². The Morgan fingerprint density at radius 3 is 2.36 bits per heavy atom. The number of piperidine rings is 1. The van der Waals surface area contributed by atoms with Crippen LogP contribution in [0.25, 0.3) is 0 Å². The quantitative estimate of drug-likeness (QED) is 0.749. The van der Waals surface area contributed by atoms with Crippen molar-refractivity contribution in [3.63, 3.8) is 0 Å². The predicted octanol–water partition coefficient (Wildman–Crippen LogP) is 3.53. The van der Waals surface area contributed by atoms with Gasteiger partial charge in [-0.05, 0) is 61.4 Å². The SMILES string of the molecule is O=C(NCCOc1ccc(Cl)cc1)C1CCN(C(=O)c2ccc(F)cc2)CC1. The molecule has 1 heterocycles. The molecular weight excluding hydrogens is 383 g/mol. The van der Waals surface area contributed by atoms with Crippen LogP contribution in [0.4, 0.5) is 4.39 Å². The van der Waals surface area contributed by atoms with Gasteiger partial charge < -0.3 is 15.0 Å². The highest BCUT2D eigenvalue weighted by Crippen LogP contribution is 2.20. The topological polar surface area (TPSA) is 58.6 Å². The standard InChI is InChI=1S/C21H22ClFN2O3/c22-17-3-7-19(8-4-17)28-14-11-24-20(26)15-9-12-25(13-10-15)21(27)16-1-5-18(23)6-2-16/h1-8,15H,9-14H2,(H,24,26). The second-order valence-electron chi connectivity index (χ2n) is 6.67. The highest BCUT2D eigenvalue weighted by molar-refractivity contribution is 6.30. The van der Waals surface area contributed by atoms with Gasteiger partial charge in [0.05, 0.1) is 6.54 Å². The summed E-state index contributed by atoms with van der Waals surface area (Å²) in [5, 5.41) is 3.52. The maximum atomic E-state index is 13.0. The number of hydrogen-bond acceptors (Lipinski definition) is 3. The number of carbonyl (C=O) groups excluding carboxylic acids is 2. The zero-order valence-corrected chi connectivity index (χ0v) is 16.1. The Bertz CT molecular complexity index is 803. The molecule has 0 unspecified atom stereocenters. The van der Waals surface area contributed by atoms with Crippen LogP contribution >= 0.6 is 11.6 Å². The first-order valence-electron chi connectivity index (χ1n) is 9.24. The van der Waals surface area contributed by atoms with Crippen LogP contribution in [-0.2, 0) is 4.79 Å². The number of likely N-dealkylation sites (tertiary alicyclic amines) is 1. The second kappa shape index (κ2) is 9.55. The van der Waals surface area contributed by atoms with Gasteiger partial charge in [0, 0.05) is 29.6 Å². The number of rotatable bonds is 6. The van der Waals surface area contributed by atoms with E-state index in [1.54, 1.807) is 29.2 Å². The summed E-state index contributed by atoms with van der Waals surface area (Å²) in [6, 6.07) is 12.6. The molecule has 5 nitrogen and oxygen atoms in total. The van der Waals surface area contributed by atoms with Crippen molar-refractivity contribution < 1.29 is 18.7 Å². The molecule has 0 saturated carbocycles. The molecule has 148 valence electrons. The zero-order valence-electron chi connectivity index (χ0n) is 15.4. The Morgan fingerprint density at radius 1 is 1.07 bits per heavy atom. The number of benzene rings is 2. The van der Waals surface area contributed by atoms with Crippen LogP contribution in [0.2, 0.25) is 5.02 Å². The van der Waals surface area contributed by atoms with Crippen LogP contribution in [0, 0.1) is 11.7 Å². The molecule has 28 heavy (non-hydrogen) atoms. The van der Waals surface area contributed by atoms with Crippen molar-refractivity contribution in [2.45, 2.75) is 12.8 Å². The lowest BCUT2D eigenvalue weighted by atomic mass is 9.95. The van der Waals surface area contributed by atoms with Crippen LogP contribution in [-0.4, -0.2) is 43.0 Å². The molecule has 3 rings (SSSR count). The molecule has 0 radical (unpaired) electrons. The number of ether oxygens (including phenoxy) is 1. The molecule has 1 aliphatic rings. The summed E-state index contributed by atoms with van der Waals surface area (Å²) in [7, 11) is 0. The van der Waals surface area contributed by atoms with Gasteiger partial charge in [0.25, 0.3) is 5.91 Å². The van der Waals surface area contributed by atoms with E-state index in [2.05, 4.69) is 5.32 Å². The van der Waals surface area contributed by atoms with E-state index >= 15 is 0 Å². The molecule has 2 aromatic carbocycles. The van der Waals surface area contributed by atoms with E-state index in [9.17, 15) is 14.0 Å². The van der Waals surface area contributed by atoms with Crippen LogP contribution in [0.5, 0.6) is 5.75 Å². The molecule has 2 aromatic rings. The number of amides is 2. The van der Waals surface area contributed by atoms with Crippen molar-refractivity contribution >= 4 is 23.4 Å². The molecule has 0 bridgehead atoms. The molecule has 0 atom stereocenters. The monoisotopic (exact) mass is 404 g/mol. The highest BCUT2D eigenvalue weighted by Gasteiger charge is 2.27. The van der Waals surface area contributed by atoms with Crippen LogP contribution in [0.3, 0.4) is 0 Å². The van der Waals surface area contributed by atoms with E-state index in [0.717, 1.165) is 0 Å². The van der Waals surface area contributed by atoms with Gasteiger partial charge in [0.2, 0.25) is 5.91 Å². The van der Waals surface area contributed by atoms with E-state index in [1.165, 1.54) is 24.3 Å². The minimum Gasteiger partial charge on any atom is -0.492 e. The van der Waals surface area contributed by atoms with E-state index in [1.807, 2.05) is 0 Å². The third-order valence-corrected chi connectivity index (χ3v) is 4.98. The largest absolute Gasteiger partial charge is 0.492 e. The number of hydrogen-bond donors (Lipinski definition) is 1. The number of halogens is 2. The average molecular weight is 405 g/mol. The predicted molar refractivity (Wildman–Crippen MR) is 105 cm³/mol. The number of nitrogens with zero attached hydrogens (tertiary/aromatic N) is 1. The Kier molecular flexibility index (Phi) is 6.87. The normalized spacial score (nSPS) is 14.6. The van der Waals surface area contributed by atoms with E-state index in [-0.39, 0.29) is 23.5 Å². The van der Waals surface area contributed by atoms with Crippen molar-refractivity contribution in [2.24, 2.45) is 5.92 Å². The highest BCUT2D eigenvalue weighted by atomic mass is 35.5. The van der Waals surface area contributed by atoms with Crippen molar-refractivity contribution in [3.8, 4) is 5.75 Å². The Balaban J connectivity index is 1.38. The van der Waals surface area contributed by atoms with E-state index in [0.29, 0.717) is 55.4 Å². The van der Waals surface area contributed by atoms with Gasteiger partial charge in [-0.2, -0.15) is 0 Å². The first-order valence-corrected chi connectivity index (χ1v) is 9.61. The fourth-order valence-electron chi connectivity index (χ4n) is 3.14. The van der Waals surface area contributed by atoms with Gasteiger partial charge in [-0.15, -0.1) is 0 Å². The zero-order chi connectivity index (χ0) is 19.9. The second-order valence-corrected chi connectivity index (χ2v) is 7.10. The maximum Gasteiger partial charge on any atom is 0.253 e. The molecule has 1 N–H and O–H groups in total. The molecular formula is C21H22ClFN2O3. The lowest BCUT2D eigenvalue weighted by Gasteiger charge is -2.31. The van der Waals surface area contributed by atoms with Gasteiger partial charge >= 0.3 is 0 Å². The van der Waals surface area contributed by atoms with Gasteiger partial charge in [-0.1, -0.05) is 11.6 Å². The first-order chi connectivity index (χ1) is 13.5. The van der Waals surface area contributed by atoms with Crippen molar-refractivity contribution in [2.75, 3.05) is 26.2 Å². The summed E-state index contributed by atoms with van der Waals surface area (Å²) in [6.07, 6.45) is 1.22. The van der Waals surface area contributed by atoms with Gasteiger partial charge in [-0.3, -0.25) is 9.59 Å².